The van der Waals surface area contributed by atoms with Gasteiger partial charge in [0.15, 0.2) is 17.2 Å². The fraction of sp³-hybridized carbons (Fsp3) is 0.667. The molecule has 5 nitrogen and oxygen atoms in total. The molecule has 146 valence electrons. The molecule has 4 aliphatic carbocycles. The third-order valence-electron chi connectivity index (χ3n) is 7.66. The molecule has 0 aromatic carbocycles. The molecule has 3 fully saturated rings. The first-order chi connectivity index (χ1) is 12.5. The number of Topliss-reactive ketones (excluding diaryl/α,β-unsaturated/α-hetero) is 1. The van der Waals surface area contributed by atoms with E-state index in [4.69, 9.17) is 4.74 Å². The summed E-state index contributed by atoms with van der Waals surface area (Å²) < 4.78 is 22.5. The summed E-state index contributed by atoms with van der Waals surface area (Å²) in [7, 11) is 0. The molecular weight excluding hydrogens is 351 g/mol. The number of esters is 1. The summed E-state index contributed by atoms with van der Waals surface area (Å²) in [6.45, 7) is 4.75. The van der Waals surface area contributed by atoms with E-state index in [2.05, 4.69) is 0 Å². The Bertz CT molecular complexity index is 800. The van der Waals surface area contributed by atoms with E-state index in [0.717, 1.165) is 0 Å². The summed E-state index contributed by atoms with van der Waals surface area (Å²) in [5.41, 5.74) is -3.22. The molecule has 27 heavy (non-hydrogen) atoms. The lowest BCUT2D eigenvalue weighted by Gasteiger charge is -2.61. The lowest BCUT2D eigenvalue weighted by molar-refractivity contribution is -0.208. The SMILES string of the molecule is CC(=O)O[C@@H]1C[C@]2(C)C(=O)[C@H](O)C[C@H]2[C@@H]2CCC3=CC(=O)C=C[C@]3(C)[C@@]12F. The first-order valence-corrected chi connectivity index (χ1v) is 9.57. The van der Waals surface area contributed by atoms with Crippen LogP contribution in [0, 0.1) is 22.7 Å². The Hall–Kier alpha value is -1.82. The third kappa shape index (κ3) is 2.22. The number of hydrogen-bond acceptors (Lipinski definition) is 5. The van der Waals surface area contributed by atoms with E-state index in [1.807, 2.05) is 0 Å². The van der Waals surface area contributed by atoms with Gasteiger partial charge in [-0.2, -0.15) is 0 Å². The van der Waals surface area contributed by atoms with Crippen LogP contribution in [0.25, 0.3) is 0 Å². The molecule has 0 aliphatic heterocycles. The van der Waals surface area contributed by atoms with Crippen molar-refractivity contribution in [2.45, 2.75) is 64.3 Å². The highest BCUT2D eigenvalue weighted by molar-refractivity contribution is 6.01. The molecule has 0 heterocycles. The predicted molar refractivity (Wildman–Crippen MR) is 94.3 cm³/mol. The lowest BCUT2D eigenvalue weighted by atomic mass is 9.46. The second kappa shape index (κ2) is 5.60. The van der Waals surface area contributed by atoms with Gasteiger partial charge in [-0.1, -0.05) is 18.6 Å². The largest absolute Gasteiger partial charge is 0.459 e. The Kier molecular flexibility index (Phi) is 3.84. The second-order valence-corrected chi connectivity index (χ2v) is 8.96. The molecule has 0 unspecified atom stereocenters. The Morgan fingerprint density at radius 2 is 2.00 bits per heavy atom. The smallest absolute Gasteiger partial charge is 0.303 e. The Labute approximate surface area is 157 Å². The van der Waals surface area contributed by atoms with Gasteiger partial charge in [0.05, 0.1) is 0 Å². The summed E-state index contributed by atoms with van der Waals surface area (Å²) in [6, 6.07) is 0. The van der Waals surface area contributed by atoms with E-state index in [9.17, 15) is 19.5 Å². The number of fused-ring (bicyclic) bond motifs is 5. The number of halogens is 1. The van der Waals surface area contributed by atoms with Crippen molar-refractivity contribution in [2.24, 2.45) is 22.7 Å². The van der Waals surface area contributed by atoms with E-state index in [0.29, 0.717) is 18.4 Å². The van der Waals surface area contributed by atoms with Crippen LogP contribution in [0.2, 0.25) is 0 Å². The zero-order valence-corrected chi connectivity index (χ0v) is 15.8. The van der Waals surface area contributed by atoms with Gasteiger partial charge in [0.1, 0.15) is 12.2 Å². The molecule has 0 saturated heterocycles. The molecule has 0 amide bonds. The van der Waals surface area contributed by atoms with E-state index in [1.54, 1.807) is 19.9 Å². The number of carbonyl (C=O) groups is 3. The molecule has 3 saturated carbocycles. The normalized spacial score (nSPS) is 48.4. The summed E-state index contributed by atoms with van der Waals surface area (Å²) >= 11 is 0. The number of carbonyl (C=O) groups excluding carboxylic acids is 3. The number of allylic oxidation sites excluding steroid dienone is 4. The number of alkyl halides is 1. The molecule has 7 atom stereocenters. The Balaban J connectivity index is 1.88. The predicted octanol–water partition coefficient (Wildman–Crippen LogP) is 2.47. The van der Waals surface area contributed by atoms with Gasteiger partial charge in [0, 0.05) is 30.1 Å². The summed E-state index contributed by atoms with van der Waals surface area (Å²) in [5.74, 6) is -1.91. The van der Waals surface area contributed by atoms with Crippen molar-refractivity contribution in [3.63, 3.8) is 0 Å². The number of aliphatic hydroxyl groups is 1. The van der Waals surface area contributed by atoms with E-state index in [-0.39, 0.29) is 30.3 Å². The van der Waals surface area contributed by atoms with Crippen LogP contribution in [0.3, 0.4) is 0 Å². The fourth-order valence-corrected chi connectivity index (χ4v) is 6.30. The second-order valence-electron chi connectivity index (χ2n) is 8.96. The van der Waals surface area contributed by atoms with Gasteiger partial charge in [-0.05, 0) is 44.3 Å². The number of ketones is 2. The molecule has 0 spiro atoms. The molecule has 4 rings (SSSR count). The van der Waals surface area contributed by atoms with Gasteiger partial charge in [0.25, 0.3) is 0 Å². The van der Waals surface area contributed by atoms with Crippen LogP contribution < -0.4 is 0 Å². The zero-order valence-electron chi connectivity index (χ0n) is 15.8. The van der Waals surface area contributed by atoms with Crippen molar-refractivity contribution in [3.8, 4) is 0 Å². The maximum atomic E-state index is 17.1. The van der Waals surface area contributed by atoms with Gasteiger partial charge >= 0.3 is 5.97 Å². The molecule has 0 radical (unpaired) electrons. The van der Waals surface area contributed by atoms with Crippen LogP contribution in [-0.4, -0.2) is 40.5 Å². The van der Waals surface area contributed by atoms with Gasteiger partial charge in [-0.15, -0.1) is 0 Å². The van der Waals surface area contributed by atoms with Crippen molar-refractivity contribution in [2.75, 3.05) is 0 Å². The molecule has 6 heteroatoms. The zero-order chi connectivity index (χ0) is 19.8. The summed E-state index contributed by atoms with van der Waals surface area (Å²) in [4.78, 5) is 36.3. The number of rotatable bonds is 1. The minimum Gasteiger partial charge on any atom is -0.459 e. The topological polar surface area (TPSA) is 80.7 Å². The maximum Gasteiger partial charge on any atom is 0.303 e. The molecule has 0 bridgehead atoms. The fourth-order valence-electron chi connectivity index (χ4n) is 6.30. The van der Waals surface area contributed by atoms with Crippen LogP contribution >= 0.6 is 0 Å². The number of ether oxygens (including phenoxy) is 1. The first kappa shape index (κ1) is 18.5. The standard InChI is InChI=1S/C21H25FO5/c1-11(23)27-17-10-19(2)15(9-16(25)18(19)26)14-5-4-12-8-13(24)6-7-20(12,3)21(14,17)22/h6-8,14-17,25H,4-5,9-10H2,1-3H3/t14-,15-,16+,17+,19-,20-,21-/m0/s1. The average molecular weight is 376 g/mol. The number of hydrogen-bond donors (Lipinski definition) is 1. The average Bonchev–Trinajstić information content (AvgIpc) is 2.80. The monoisotopic (exact) mass is 376 g/mol. The van der Waals surface area contributed by atoms with Gasteiger partial charge in [-0.25, -0.2) is 4.39 Å². The molecule has 4 aliphatic rings. The summed E-state index contributed by atoms with van der Waals surface area (Å²) in [6.07, 6.45) is 3.54. The van der Waals surface area contributed by atoms with Gasteiger partial charge in [-0.3, -0.25) is 14.4 Å². The van der Waals surface area contributed by atoms with Crippen LogP contribution in [0.4, 0.5) is 4.39 Å². The van der Waals surface area contributed by atoms with E-state index < -0.39 is 40.6 Å². The highest BCUT2D eigenvalue weighted by Gasteiger charge is 2.72. The van der Waals surface area contributed by atoms with Crippen molar-refractivity contribution >= 4 is 17.5 Å². The van der Waals surface area contributed by atoms with Gasteiger partial charge < -0.3 is 9.84 Å². The highest BCUT2D eigenvalue weighted by atomic mass is 19.1. The Morgan fingerprint density at radius 1 is 1.30 bits per heavy atom. The van der Waals surface area contributed by atoms with Crippen molar-refractivity contribution < 1.29 is 28.6 Å². The van der Waals surface area contributed by atoms with Crippen molar-refractivity contribution in [1.82, 2.24) is 0 Å². The van der Waals surface area contributed by atoms with Crippen LogP contribution in [0.5, 0.6) is 0 Å². The van der Waals surface area contributed by atoms with Crippen LogP contribution in [-0.2, 0) is 19.1 Å². The minimum atomic E-state index is -1.94. The van der Waals surface area contributed by atoms with E-state index >= 15 is 4.39 Å². The lowest BCUT2D eigenvalue weighted by Crippen LogP contribution is -2.67. The van der Waals surface area contributed by atoms with Crippen molar-refractivity contribution in [1.29, 1.82) is 0 Å². The third-order valence-corrected chi connectivity index (χ3v) is 7.66. The van der Waals surface area contributed by atoms with E-state index in [1.165, 1.54) is 19.1 Å². The van der Waals surface area contributed by atoms with Crippen molar-refractivity contribution in [3.05, 3.63) is 23.8 Å². The molecular formula is C21H25FO5. The van der Waals surface area contributed by atoms with Gasteiger partial charge in [0.2, 0.25) is 0 Å². The quantitative estimate of drug-likeness (QED) is 0.711. The molecule has 0 aromatic rings. The Morgan fingerprint density at radius 3 is 2.67 bits per heavy atom. The molecule has 0 aromatic heterocycles. The molecule has 1 N–H and O–H groups in total. The summed E-state index contributed by atoms with van der Waals surface area (Å²) in [5, 5.41) is 10.2. The maximum absolute atomic E-state index is 17.1. The van der Waals surface area contributed by atoms with Crippen LogP contribution in [0.15, 0.2) is 23.8 Å². The minimum absolute atomic E-state index is 0.0464. The van der Waals surface area contributed by atoms with Crippen LogP contribution in [0.1, 0.15) is 46.5 Å². The number of aliphatic hydroxyl groups excluding tert-OH is 1. The highest BCUT2D eigenvalue weighted by Crippen LogP contribution is 2.67. The first-order valence-electron chi connectivity index (χ1n) is 9.57.